The molecule has 0 heterocycles. The van der Waals surface area contributed by atoms with Gasteiger partial charge in [-0.25, -0.2) is 17.5 Å². The molecular formula is C14H19FN2O2S. The molecule has 20 heavy (non-hydrogen) atoms. The van der Waals surface area contributed by atoms with Gasteiger partial charge in [0.25, 0.3) is 0 Å². The molecule has 0 atom stereocenters. The zero-order valence-electron chi connectivity index (χ0n) is 11.2. The van der Waals surface area contributed by atoms with Crippen LogP contribution >= 0.6 is 0 Å². The number of sulfonamides is 1. The molecule has 2 fully saturated rings. The van der Waals surface area contributed by atoms with Gasteiger partial charge >= 0.3 is 0 Å². The second kappa shape index (κ2) is 5.09. The van der Waals surface area contributed by atoms with Gasteiger partial charge in [0.05, 0.1) is 4.90 Å². The van der Waals surface area contributed by atoms with Gasteiger partial charge < -0.3 is 5.73 Å². The highest BCUT2D eigenvalue weighted by molar-refractivity contribution is 7.89. The van der Waals surface area contributed by atoms with E-state index in [1.54, 1.807) is 0 Å². The quantitative estimate of drug-likeness (QED) is 0.840. The average Bonchev–Trinajstić information content (AvgIpc) is 3.29. The molecule has 0 aromatic heterocycles. The van der Waals surface area contributed by atoms with Crippen molar-refractivity contribution < 1.29 is 12.8 Å². The van der Waals surface area contributed by atoms with E-state index in [0.717, 1.165) is 25.7 Å². The van der Waals surface area contributed by atoms with Crippen LogP contribution in [0.5, 0.6) is 0 Å². The van der Waals surface area contributed by atoms with Crippen molar-refractivity contribution >= 4 is 10.0 Å². The number of nitrogens with one attached hydrogen (secondary N) is 1. The predicted molar refractivity (Wildman–Crippen MR) is 73.8 cm³/mol. The third-order valence-corrected chi connectivity index (χ3v) is 5.66. The summed E-state index contributed by atoms with van der Waals surface area (Å²) in [6.07, 6.45) is 4.32. The van der Waals surface area contributed by atoms with E-state index in [9.17, 15) is 12.8 Å². The molecule has 0 spiro atoms. The van der Waals surface area contributed by atoms with Gasteiger partial charge in [0.15, 0.2) is 0 Å². The van der Waals surface area contributed by atoms with Crippen LogP contribution < -0.4 is 10.5 Å². The first-order valence-electron chi connectivity index (χ1n) is 7.02. The fraction of sp³-hybridized carbons (Fsp3) is 0.571. The zero-order chi connectivity index (χ0) is 14.3. The monoisotopic (exact) mass is 298 g/mol. The summed E-state index contributed by atoms with van der Waals surface area (Å²) < 4.78 is 41.5. The van der Waals surface area contributed by atoms with Crippen molar-refractivity contribution in [3.8, 4) is 0 Å². The summed E-state index contributed by atoms with van der Waals surface area (Å²) in [4.78, 5) is -0.0219. The smallest absolute Gasteiger partial charge is 0.241 e. The Labute approximate surface area is 118 Å². The third kappa shape index (κ3) is 2.73. The summed E-state index contributed by atoms with van der Waals surface area (Å²) in [6, 6.07) is 4.07. The van der Waals surface area contributed by atoms with E-state index in [0.29, 0.717) is 11.8 Å². The van der Waals surface area contributed by atoms with Crippen molar-refractivity contribution in [1.29, 1.82) is 0 Å². The Morgan fingerprint density at radius 1 is 1.25 bits per heavy atom. The normalized spacial score (nSPS) is 19.6. The molecule has 0 unspecified atom stereocenters. The lowest BCUT2D eigenvalue weighted by atomic mass is 10.1. The molecule has 1 aromatic carbocycles. The minimum atomic E-state index is -3.70. The molecule has 2 aliphatic rings. The first kappa shape index (κ1) is 14.0. The molecule has 3 rings (SSSR count). The number of rotatable bonds is 6. The minimum Gasteiger partial charge on any atom is -0.326 e. The Hall–Kier alpha value is -0.980. The van der Waals surface area contributed by atoms with Gasteiger partial charge in [-0.3, -0.25) is 0 Å². The van der Waals surface area contributed by atoms with Gasteiger partial charge in [-0.15, -0.1) is 0 Å². The fourth-order valence-electron chi connectivity index (χ4n) is 2.72. The highest BCUT2D eigenvalue weighted by Gasteiger charge is 2.43. The Morgan fingerprint density at radius 2 is 1.85 bits per heavy atom. The third-order valence-electron chi connectivity index (χ3n) is 4.12. The molecule has 0 aliphatic heterocycles. The lowest BCUT2D eigenvalue weighted by Crippen LogP contribution is -2.38. The highest BCUT2D eigenvalue weighted by atomic mass is 32.2. The second-order valence-corrected chi connectivity index (χ2v) is 7.42. The maximum absolute atomic E-state index is 13.7. The number of halogens is 1. The molecule has 1 aromatic rings. The van der Waals surface area contributed by atoms with Crippen LogP contribution in [0.3, 0.4) is 0 Å². The molecule has 110 valence electrons. The standard InChI is InChI=1S/C14H19FN2O2S/c15-12-2-1-3-13(11(12)8-16)20(18,19)17-14(9-4-5-9)10-6-7-10/h1-3,9-10,14,17H,4-8,16H2. The summed E-state index contributed by atoms with van der Waals surface area (Å²) in [5, 5.41) is 0. The number of hydrogen-bond acceptors (Lipinski definition) is 3. The molecule has 0 radical (unpaired) electrons. The van der Waals surface area contributed by atoms with Gasteiger partial charge in [0.2, 0.25) is 10.0 Å². The second-order valence-electron chi connectivity index (χ2n) is 5.74. The number of benzene rings is 1. The highest BCUT2D eigenvalue weighted by Crippen LogP contribution is 2.45. The van der Waals surface area contributed by atoms with Crippen molar-refractivity contribution in [2.24, 2.45) is 17.6 Å². The molecular weight excluding hydrogens is 279 g/mol. The number of hydrogen-bond donors (Lipinski definition) is 2. The van der Waals surface area contributed by atoms with Crippen LogP contribution in [0.25, 0.3) is 0 Å². The average molecular weight is 298 g/mol. The van der Waals surface area contributed by atoms with Gasteiger partial charge in [0, 0.05) is 18.2 Å². The van der Waals surface area contributed by atoms with Gasteiger partial charge in [-0.1, -0.05) is 6.07 Å². The van der Waals surface area contributed by atoms with Crippen LogP contribution in [0.1, 0.15) is 31.2 Å². The number of nitrogens with two attached hydrogens (primary N) is 1. The molecule has 0 bridgehead atoms. The topological polar surface area (TPSA) is 72.2 Å². The summed E-state index contributed by atoms with van der Waals surface area (Å²) in [6.45, 7) is -0.125. The molecule has 0 amide bonds. The van der Waals surface area contributed by atoms with E-state index in [1.165, 1.54) is 18.2 Å². The van der Waals surface area contributed by atoms with Crippen LogP contribution in [-0.4, -0.2) is 14.5 Å². The maximum atomic E-state index is 13.7. The van der Waals surface area contributed by atoms with E-state index in [2.05, 4.69) is 4.72 Å². The van der Waals surface area contributed by atoms with E-state index in [1.807, 2.05) is 0 Å². The van der Waals surface area contributed by atoms with Gasteiger partial charge in [-0.2, -0.15) is 0 Å². The van der Waals surface area contributed by atoms with Crippen molar-refractivity contribution in [2.75, 3.05) is 0 Å². The van der Waals surface area contributed by atoms with Crippen molar-refractivity contribution in [3.63, 3.8) is 0 Å². The Kier molecular flexibility index (Phi) is 3.56. The molecule has 4 nitrogen and oxygen atoms in total. The Morgan fingerprint density at radius 3 is 2.35 bits per heavy atom. The van der Waals surface area contributed by atoms with Crippen LogP contribution in [0.2, 0.25) is 0 Å². The van der Waals surface area contributed by atoms with Crippen molar-refractivity contribution in [2.45, 2.75) is 43.2 Å². The van der Waals surface area contributed by atoms with E-state index >= 15 is 0 Å². The SMILES string of the molecule is NCc1c(F)cccc1S(=O)(=O)NC(C1CC1)C1CC1. The van der Waals surface area contributed by atoms with E-state index in [-0.39, 0.29) is 23.0 Å². The summed E-state index contributed by atoms with van der Waals surface area (Å²) in [5.74, 6) is 0.337. The molecule has 0 saturated heterocycles. The van der Waals surface area contributed by atoms with E-state index in [4.69, 9.17) is 5.73 Å². The fourth-order valence-corrected chi connectivity index (χ4v) is 4.35. The first-order valence-corrected chi connectivity index (χ1v) is 8.51. The Bertz CT molecular complexity index is 598. The summed E-state index contributed by atoms with van der Waals surface area (Å²) >= 11 is 0. The molecule has 6 heteroatoms. The van der Waals surface area contributed by atoms with Crippen LogP contribution in [-0.2, 0) is 16.6 Å². The molecule has 3 N–H and O–H groups in total. The van der Waals surface area contributed by atoms with E-state index < -0.39 is 15.8 Å². The largest absolute Gasteiger partial charge is 0.326 e. The van der Waals surface area contributed by atoms with Crippen LogP contribution in [0, 0.1) is 17.7 Å². The van der Waals surface area contributed by atoms with Crippen molar-refractivity contribution in [1.82, 2.24) is 4.72 Å². The summed E-state index contributed by atoms with van der Waals surface area (Å²) in [5.41, 5.74) is 5.55. The lowest BCUT2D eigenvalue weighted by molar-refractivity contribution is 0.470. The van der Waals surface area contributed by atoms with Crippen LogP contribution in [0.4, 0.5) is 4.39 Å². The zero-order valence-corrected chi connectivity index (χ0v) is 12.0. The maximum Gasteiger partial charge on any atom is 0.241 e. The van der Waals surface area contributed by atoms with Gasteiger partial charge in [-0.05, 0) is 49.7 Å². The molecule has 2 saturated carbocycles. The van der Waals surface area contributed by atoms with Crippen LogP contribution in [0.15, 0.2) is 23.1 Å². The summed E-state index contributed by atoms with van der Waals surface area (Å²) in [7, 11) is -3.70. The Balaban J connectivity index is 1.89. The van der Waals surface area contributed by atoms with Crippen molar-refractivity contribution in [3.05, 3.63) is 29.6 Å². The molecule has 2 aliphatic carbocycles. The predicted octanol–water partition coefficient (Wildman–Crippen LogP) is 1.75. The minimum absolute atomic E-state index is 0.00823. The van der Waals surface area contributed by atoms with Gasteiger partial charge in [0.1, 0.15) is 5.82 Å². The lowest BCUT2D eigenvalue weighted by Gasteiger charge is -2.19. The first-order chi connectivity index (χ1) is 9.53.